The van der Waals surface area contributed by atoms with Crippen LogP contribution >= 0.6 is 11.8 Å². The van der Waals surface area contributed by atoms with Gasteiger partial charge in [-0.25, -0.2) is 18.2 Å². The van der Waals surface area contributed by atoms with Crippen LogP contribution in [0.5, 0.6) is 0 Å². The monoisotopic (exact) mass is 355 g/mol. The van der Waals surface area contributed by atoms with E-state index in [0.717, 1.165) is 6.07 Å². The molecule has 9 heteroatoms. The topological polar surface area (TPSA) is 71.1 Å². The molecule has 0 unspecified atom stereocenters. The molecule has 0 saturated heterocycles. The molecule has 0 atom stereocenters. The molecule has 1 aromatic carbocycles. The van der Waals surface area contributed by atoms with Gasteiger partial charge in [0.25, 0.3) is 0 Å². The number of aromatic nitrogens is 1. The average molecular weight is 355 g/mol. The number of benzene rings is 1. The maximum Gasteiger partial charge on any atom is 0.243 e. The van der Waals surface area contributed by atoms with Gasteiger partial charge in [0.15, 0.2) is 17.5 Å². The lowest BCUT2D eigenvalue weighted by atomic mass is 10.2. The molecule has 126 valence electrons. The van der Waals surface area contributed by atoms with E-state index in [4.69, 9.17) is 0 Å². The van der Waals surface area contributed by atoms with Crippen LogP contribution in [0.2, 0.25) is 0 Å². The second-order valence-electron chi connectivity index (χ2n) is 4.50. The van der Waals surface area contributed by atoms with Gasteiger partial charge >= 0.3 is 0 Å². The molecular formula is C15H12F3N3O2S. The van der Waals surface area contributed by atoms with E-state index in [1.165, 1.54) is 11.8 Å². The highest BCUT2D eigenvalue weighted by Crippen LogP contribution is 2.19. The van der Waals surface area contributed by atoms with Gasteiger partial charge in [-0.2, -0.15) is 0 Å². The molecule has 0 fully saturated rings. The SMILES string of the molecule is O=C(CSc1ccccn1)NCC(=O)Nc1ccc(F)c(F)c1F. The number of amides is 2. The number of hydrogen-bond donors (Lipinski definition) is 2. The average Bonchev–Trinajstić information content (AvgIpc) is 2.59. The highest BCUT2D eigenvalue weighted by Gasteiger charge is 2.15. The Bertz CT molecular complexity index is 744. The van der Waals surface area contributed by atoms with Gasteiger partial charge in [0, 0.05) is 6.20 Å². The van der Waals surface area contributed by atoms with Crippen LogP contribution in [-0.2, 0) is 9.59 Å². The van der Waals surface area contributed by atoms with Crippen LogP contribution in [0.25, 0.3) is 0 Å². The number of nitrogens with zero attached hydrogens (tertiary/aromatic N) is 1. The van der Waals surface area contributed by atoms with Gasteiger partial charge in [0.2, 0.25) is 11.8 Å². The molecule has 2 rings (SSSR count). The van der Waals surface area contributed by atoms with Crippen molar-refractivity contribution in [2.75, 3.05) is 17.6 Å². The van der Waals surface area contributed by atoms with Crippen molar-refractivity contribution in [1.82, 2.24) is 10.3 Å². The van der Waals surface area contributed by atoms with E-state index in [2.05, 4.69) is 15.6 Å². The van der Waals surface area contributed by atoms with Crippen molar-refractivity contribution in [2.45, 2.75) is 5.03 Å². The molecule has 0 spiro atoms. The first-order valence-electron chi connectivity index (χ1n) is 6.71. The number of pyridine rings is 1. The summed E-state index contributed by atoms with van der Waals surface area (Å²) in [7, 11) is 0. The zero-order chi connectivity index (χ0) is 17.5. The van der Waals surface area contributed by atoms with E-state index in [-0.39, 0.29) is 5.75 Å². The Labute approximate surface area is 139 Å². The number of halogens is 3. The lowest BCUT2D eigenvalue weighted by molar-refractivity contribution is -0.122. The molecule has 1 aromatic heterocycles. The van der Waals surface area contributed by atoms with E-state index >= 15 is 0 Å². The standard InChI is InChI=1S/C15H12F3N3O2S/c16-9-4-5-10(15(18)14(9)17)21-11(22)7-20-12(23)8-24-13-3-1-2-6-19-13/h1-6H,7-8H2,(H,20,23)(H,21,22). The first kappa shape index (κ1) is 17.8. The highest BCUT2D eigenvalue weighted by molar-refractivity contribution is 7.99. The number of hydrogen-bond acceptors (Lipinski definition) is 4. The van der Waals surface area contributed by atoms with E-state index in [0.29, 0.717) is 11.1 Å². The number of nitrogens with one attached hydrogen (secondary N) is 2. The minimum absolute atomic E-state index is 0.0455. The summed E-state index contributed by atoms with van der Waals surface area (Å²) >= 11 is 1.18. The predicted octanol–water partition coefficient (Wildman–Crippen LogP) is 2.35. The summed E-state index contributed by atoms with van der Waals surface area (Å²) in [6, 6.07) is 6.83. The third kappa shape index (κ3) is 4.98. The molecule has 24 heavy (non-hydrogen) atoms. The zero-order valence-corrected chi connectivity index (χ0v) is 13.0. The molecule has 0 bridgehead atoms. The first-order valence-corrected chi connectivity index (χ1v) is 7.70. The largest absolute Gasteiger partial charge is 0.346 e. The Morgan fingerprint density at radius 3 is 2.54 bits per heavy atom. The molecule has 2 aromatic rings. The zero-order valence-electron chi connectivity index (χ0n) is 12.2. The summed E-state index contributed by atoms with van der Waals surface area (Å²) in [5, 5.41) is 5.04. The van der Waals surface area contributed by atoms with Crippen LogP contribution in [0.15, 0.2) is 41.6 Å². The van der Waals surface area contributed by atoms with E-state index in [1.807, 2.05) is 0 Å². The fourth-order valence-electron chi connectivity index (χ4n) is 1.62. The molecule has 0 radical (unpaired) electrons. The second-order valence-corrected chi connectivity index (χ2v) is 5.50. The Morgan fingerprint density at radius 2 is 1.83 bits per heavy atom. The number of carbonyl (C=O) groups excluding carboxylic acids is 2. The van der Waals surface area contributed by atoms with Gasteiger partial charge in [-0.15, -0.1) is 0 Å². The maximum atomic E-state index is 13.4. The van der Waals surface area contributed by atoms with Gasteiger partial charge in [-0.1, -0.05) is 17.8 Å². The van der Waals surface area contributed by atoms with Crippen LogP contribution < -0.4 is 10.6 Å². The third-order valence-corrected chi connectivity index (χ3v) is 3.69. The lowest BCUT2D eigenvalue weighted by Crippen LogP contribution is -2.34. The fraction of sp³-hybridized carbons (Fsp3) is 0.133. The van der Waals surface area contributed by atoms with Gasteiger partial charge in [0.05, 0.1) is 23.0 Å². The lowest BCUT2D eigenvalue weighted by Gasteiger charge is -2.08. The summed E-state index contributed by atoms with van der Waals surface area (Å²) in [5.41, 5.74) is -0.504. The molecular weight excluding hydrogens is 343 g/mol. The van der Waals surface area contributed by atoms with E-state index < -0.39 is 41.5 Å². The quantitative estimate of drug-likeness (QED) is 0.616. The van der Waals surface area contributed by atoms with Gasteiger partial charge < -0.3 is 10.6 Å². The van der Waals surface area contributed by atoms with Gasteiger partial charge in [0.1, 0.15) is 0 Å². The van der Waals surface area contributed by atoms with Crippen molar-refractivity contribution < 1.29 is 22.8 Å². The number of rotatable bonds is 6. The fourth-order valence-corrected chi connectivity index (χ4v) is 2.31. The molecule has 5 nitrogen and oxygen atoms in total. The van der Waals surface area contributed by atoms with Crippen LogP contribution in [0, 0.1) is 17.5 Å². The van der Waals surface area contributed by atoms with Crippen molar-refractivity contribution in [1.29, 1.82) is 0 Å². The Kier molecular flexibility index (Phi) is 6.19. The highest BCUT2D eigenvalue weighted by atomic mass is 32.2. The Morgan fingerprint density at radius 1 is 1.04 bits per heavy atom. The summed E-state index contributed by atoms with van der Waals surface area (Å²) in [6.45, 7) is -0.431. The van der Waals surface area contributed by atoms with Crippen molar-refractivity contribution in [3.05, 3.63) is 54.0 Å². The summed E-state index contributed by atoms with van der Waals surface area (Å²) < 4.78 is 39.2. The normalized spacial score (nSPS) is 10.3. The molecule has 2 N–H and O–H groups in total. The van der Waals surface area contributed by atoms with Crippen molar-refractivity contribution >= 4 is 29.3 Å². The van der Waals surface area contributed by atoms with Crippen molar-refractivity contribution in [3.63, 3.8) is 0 Å². The smallest absolute Gasteiger partial charge is 0.243 e. The summed E-state index contributed by atoms with van der Waals surface area (Å²) in [4.78, 5) is 27.3. The third-order valence-electron chi connectivity index (χ3n) is 2.74. The molecule has 1 heterocycles. The maximum absolute atomic E-state index is 13.4. The van der Waals surface area contributed by atoms with Crippen molar-refractivity contribution in [2.24, 2.45) is 0 Å². The second kappa shape index (κ2) is 8.34. The minimum atomic E-state index is -1.68. The van der Waals surface area contributed by atoms with Crippen LogP contribution in [-0.4, -0.2) is 29.1 Å². The Hall–Kier alpha value is -2.55. The van der Waals surface area contributed by atoms with Crippen molar-refractivity contribution in [3.8, 4) is 0 Å². The van der Waals surface area contributed by atoms with E-state index in [9.17, 15) is 22.8 Å². The number of thioether (sulfide) groups is 1. The molecule has 0 aliphatic heterocycles. The summed E-state index contributed by atoms with van der Waals surface area (Å²) in [5.74, 6) is -5.68. The predicted molar refractivity (Wildman–Crippen MR) is 82.9 cm³/mol. The Balaban J connectivity index is 1.79. The van der Waals surface area contributed by atoms with Gasteiger partial charge in [-0.3, -0.25) is 9.59 Å². The summed E-state index contributed by atoms with van der Waals surface area (Å²) in [6.07, 6.45) is 1.59. The van der Waals surface area contributed by atoms with Crippen LogP contribution in [0.3, 0.4) is 0 Å². The molecule has 2 amide bonds. The molecule has 0 aliphatic rings. The molecule has 0 aliphatic carbocycles. The minimum Gasteiger partial charge on any atom is -0.346 e. The number of carbonyl (C=O) groups is 2. The van der Waals surface area contributed by atoms with Gasteiger partial charge in [-0.05, 0) is 24.3 Å². The van der Waals surface area contributed by atoms with E-state index in [1.54, 1.807) is 24.4 Å². The number of anilines is 1. The van der Waals surface area contributed by atoms with Crippen LogP contribution in [0.1, 0.15) is 0 Å². The molecule has 0 saturated carbocycles. The first-order chi connectivity index (χ1) is 11.5. The van der Waals surface area contributed by atoms with Crippen LogP contribution in [0.4, 0.5) is 18.9 Å².